The molecule has 1 amide bonds. The number of ketones is 1. The number of hydrogen-bond acceptors (Lipinski definition) is 7. The monoisotopic (exact) mass is 505 g/mol. The van der Waals surface area contributed by atoms with Crippen LogP contribution in [0.15, 0.2) is 42.6 Å². The summed E-state index contributed by atoms with van der Waals surface area (Å²) in [6.07, 6.45) is 1.31. The Morgan fingerprint density at radius 1 is 1.17 bits per heavy atom. The zero-order valence-electron chi connectivity index (χ0n) is 21.1. The Bertz CT molecular complexity index is 1320. The number of benzene rings is 1. The molecule has 1 atom stereocenters. The van der Waals surface area contributed by atoms with Gasteiger partial charge in [-0.25, -0.2) is 0 Å². The molecule has 36 heavy (non-hydrogen) atoms. The molecular weight excluding hydrogens is 474 g/mol. The van der Waals surface area contributed by atoms with E-state index in [1.807, 2.05) is 44.2 Å². The highest BCUT2D eigenvalue weighted by atomic mass is 32.1. The summed E-state index contributed by atoms with van der Waals surface area (Å²) in [5.41, 5.74) is 4.11. The number of amides is 1. The van der Waals surface area contributed by atoms with Crippen molar-refractivity contribution in [2.45, 2.75) is 26.4 Å². The molecule has 1 saturated heterocycles. The zero-order chi connectivity index (χ0) is 25.6. The molecule has 5 rings (SSSR count). The average molecular weight is 506 g/mol. The first-order valence-corrected chi connectivity index (χ1v) is 13.0. The molecule has 0 bridgehead atoms. The molecule has 0 unspecified atom stereocenters. The summed E-state index contributed by atoms with van der Waals surface area (Å²) in [4.78, 5) is 34.8. The number of Topliss-reactive ketones (excluding diaryl/α,β-unsaturated/α-hetero) is 1. The highest BCUT2D eigenvalue weighted by Gasteiger charge is 2.43. The third kappa shape index (κ3) is 4.34. The Kier molecular flexibility index (Phi) is 6.44. The van der Waals surface area contributed by atoms with Gasteiger partial charge in [0.2, 0.25) is 0 Å². The van der Waals surface area contributed by atoms with Crippen molar-refractivity contribution in [2.75, 3.05) is 45.3 Å². The van der Waals surface area contributed by atoms with Gasteiger partial charge in [-0.15, -0.1) is 11.3 Å². The summed E-state index contributed by atoms with van der Waals surface area (Å²) >= 11 is 1.48. The maximum Gasteiger partial charge on any atom is 0.253 e. The summed E-state index contributed by atoms with van der Waals surface area (Å²) in [5, 5.41) is 12.4. The number of hydrogen-bond donors (Lipinski definition) is 1. The molecular formula is C28H31N3O4S. The largest absolute Gasteiger partial charge is 0.388 e. The predicted molar refractivity (Wildman–Crippen MR) is 142 cm³/mol. The molecule has 3 heterocycles. The fourth-order valence-corrected chi connectivity index (χ4v) is 6.31. The lowest BCUT2D eigenvalue weighted by atomic mass is 9.72. The van der Waals surface area contributed by atoms with Gasteiger partial charge in [-0.3, -0.25) is 14.6 Å². The lowest BCUT2D eigenvalue weighted by molar-refractivity contribution is 0.0330. The van der Waals surface area contributed by atoms with Gasteiger partial charge in [0.15, 0.2) is 5.78 Å². The van der Waals surface area contributed by atoms with Gasteiger partial charge >= 0.3 is 0 Å². The molecule has 0 saturated carbocycles. The van der Waals surface area contributed by atoms with E-state index in [9.17, 15) is 14.7 Å². The molecule has 0 radical (unpaired) electrons. The Morgan fingerprint density at radius 2 is 1.92 bits per heavy atom. The number of anilines is 1. The van der Waals surface area contributed by atoms with Crippen molar-refractivity contribution >= 4 is 28.0 Å². The fraction of sp³-hybridized carbons (Fsp3) is 0.393. The van der Waals surface area contributed by atoms with E-state index in [0.717, 1.165) is 46.0 Å². The molecule has 7 nitrogen and oxygen atoms in total. The van der Waals surface area contributed by atoms with Crippen LogP contribution < -0.4 is 4.90 Å². The van der Waals surface area contributed by atoms with E-state index in [1.54, 1.807) is 31.3 Å². The van der Waals surface area contributed by atoms with E-state index < -0.39 is 11.5 Å². The standard InChI is InChI=1S/C28H31N3O4S/c1-28(2)16-21(32)24-23(25(28)33)22(27(36-24)31-10-12-35-13-11-31)18-8-9-29-20(15-18)17-6-5-7-19(14-17)26(34)30(3)4/h5-9,14-15,25,33H,10-13,16H2,1-4H3/t25-/m1/s1. The third-order valence-corrected chi connectivity index (χ3v) is 8.28. The number of thiophene rings is 1. The average Bonchev–Trinajstić information content (AvgIpc) is 3.29. The van der Waals surface area contributed by atoms with Crippen molar-refractivity contribution in [2.24, 2.45) is 5.41 Å². The summed E-state index contributed by atoms with van der Waals surface area (Å²) < 4.78 is 5.57. The van der Waals surface area contributed by atoms with Crippen molar-refractivity contribution in [3.8, 4) is 22.4 Å². The van der Waals surface area contributed by atoms with Crippen LogP contribution in [-0.2, 0) is 4.74 Å². The molecule has 0 spiro atoms. The smallest absolute Gasteiger partial charge is 0.253 e. The van der Waals surface area contributed by atoms with E-state index in [2.05, 4.69) is 9.88 Å². The van der Waals surface area contributed by atoms with Gasteiger partial charge in [-0.2, -0.15) is 0 Å². The number of aromatic nitrogens is 1. The van der Waals surface area contributed by atoms with Crippen LogP contribution in [0.4, 0.5) is 5.00 Å². The number of nitrogens with zero attached hydrogens (tertiary/aromatic N) is 3. The maximum absolute atomic E-state index is 13.2. The predicted octanol–water partition coefficient (Wildman–Crippen LogP) is 4.66. The fourth-order valence-electron chi connectivity index (χ4n) is 4.96. The molecule has 1 fully saturated rings. The molecule has 8 heteroatoms. The summed E-state index contributed by atoms with van der Waals surface area (Å²) in [6, 6.07) is 11.4. The van der Waals surface area contributed by atoms with Gasteiger partial charge in [-0.05, 0) is 29.8 Å². The maximum atomic E-state index is 13.2. The van der Waals surface area contributed by atoms with Crippen LogP contribution in [0.25, 0.3) is 22.4 Å². The minimum atomic E-state index is -0.760. The number of carbonyl (C=O) groups is 2. The summed E-state index contributed by atoms with van der Waals surface area (Å²) in [5.74, 6) is 0.00798. The van der Waals surface area contributed by atoms with Crippen molar-refractivity contribution in [1.82, 2.24) is 9.88 Å². The first-order valence-electron chi connectivity index (χ1n) is 12.2. The molecule has 3 aromatic rings. The summed E-state index contributed by atoms with van der Waals surface area (Å²) in [6.45, 7) is 6.59. The van der Waals surface area contributed by atoms with Crippen LogP contribution in [-0.4, -0.2) is 67.1 Å². The van der Waals surface area contributed by atoms with Crippen LogP contribution in [0.1, 0.15) is 52.0 Å². The molecule has 188 valence electrons. The topological polar surface area (TPSA) is 83.0 Å². The lowest BCUT2D eigenvalue weighted by Crippen LogP contribution is -2.36. The molecule has 1 aromatic carbocycles. The normalized spacial score (nSPS) is 19.2. The van der Waals surface area contributed by atoms with Crippen LogP contribution in [0.3, 0.4) is 0 Å². The van der Waals surface area contributed by atoms with Gasteiger partial charge in [0, 0.05) is 67.5 Å². The molecule has 2 aromatic heterocycles. The number of carbonyl (C=O) groups excluding carboxylic acids is 2. The third-order valence-electron chi connectivity index (χ3n) is 6.97. The van der Waals surface area contributed by atoms with Crippen LogP contribution >= 0.6 is 11.3 Å². The van der Waals surface area contributed by atoms with Gasteiger partial charge in [-0.1, -0.05) is 26.0 Å². The van der Waals surface area contributed by atoms with Crippen molar-refractivity contribution < 1.29 is 19.4 Å². The van der Waals surface area contributed by atoms with Crippen molar-refractivity contribution in [3.05, 3.63) is 58.6 Å². The van der Waals surface area contributed by atoms with Crippen LogP contribution in [0.5, 0.6) is 0 Å². The van der Waals surface area contributed by atoms with E-state index in [-0.39, 0.29) is 11.7 Å². The van der Waals surface area contributed by atoms with Crippen LogP contribution in [0.2, 0.25) is 0 Å². The SMILES string of the molecule is CN(C)C(=O)c1cccc(-c2cc(-c3c(N4CCOCC4)sc4c3[C@@H](O)C(C)(C)CC4=O)ccn2)c1. The first-order chi connectivity index (χ1) is 17.2. The number of fused-ring (bicyclic) bond motifs is 1. The second kappa shape index (κ2) is 9.42. The molecule has 2 aliphatic rings. The first kappa shape index (κ1) is 24.6. The Morgan fingerprint density at radius 3 is 2.64 bits per heavy atom. The van der Waals surface area contributed by atoms with Crippen molar-refractivity contribution in [1.29, 1.82) is 0 Å². The Hall–Kier alpha value is -3.07. The number of morpholine rings is 1. The minimum Gasteiger partial charge on any atom is -0.388 e. The minimum absolute atomic E-state index is 0.0709. The number of pyridine rings is 1. The highest BCUT2D eigenvalue weighted by molar-refractivity contribution is 7.19. The lowest BCUT2D eigenvalue weighted by Gasteiger charge is -2.35. The van der Waals surface area contributed by atoms with Gasteiger partial charge in [0.05, 0.1) is 29.9 Å². The number of aliphatic hydroxyl groups is 1. The summed E-state index contributed by atoms with van der Waals surface area (Å²) in [7, 11) is 3.46. The van der Waals surface area contributed by atoms with E-state index >= 15 is 0 Å². The second-order valence-corrected chi connectivity index (χ2v) is 11.3. The molecule has 1 aliphatic heterocycles. The van der Waals surface area contributed by atoms with Gasteiger partial charge in [0.1, 0.15) is 5.00 Å². The van der Waals surface area contributed by atoms with E-state index in [4.69, 9.17) is 4.74 Å². The van der Waals surface area contributed by atoms with Crippen LogP contribution in [0, 0.1) is 5.41 Å². The van der Waals surface area contributed by atoms with E-state index in [0.29, 0.717) is 30.1 Å². The number of ether oxygens (including phenoxy) is 1. The highest BCUT2D eigenvalue weighted by Crippen LogP contribution is 2.54. The number of aliphatic hydroxyl groups excluding tert-OH is 1. The zero-order valence-corrected chi connectivity index (χ0v) is 21.9. The molecule has 1 N–H and O–H groups in total. The number of rotatable bonds is 4. The van der Waals surface area contributed by atoms with Gasteiger partial charge < -0.3 is 19.6 Å². The quantitative estimate of drug-likeness (QED) is 0.555. The Balaban J connectivity index is 1.66. The Labute approximate surface area is 215 Å². The molecule has 1 aliphatic carbocycles. The van der Waals surface area contributed by atoms with Crippen molar-refractivity contribution in [3.63, 3.8) is 0 Å². The van der Waals surface area contributed by atoms with Gasteiger partial charge in [0.25, 0.3) is 5.91 Å². The van der Waals surface area contributed by atoms with E-state index in [1.165, 1.54) is 11.3 Å². The second-order valence-electron chi connectivity index (χ2n) is 10.3.